The number of aromatic nitrogens is 2. The molecule has 1 saturated carbocycles. The van der Waals surface area contributed by atoms with Gasteiger partial charge >= 0.3 is 0 Å². The summed E-state index contributed by atoms with van der Waals surface area (Å²) < 4.78 is 1.74. The van der Waals surface area contributed by atoms with Crippen LogP contribution in [0.3, 0.4) is 0 Å². The summed E-state index contributed by atoms with van der Waals surface area (Å²) in [5.74, 6) is 0.483. The number of anilines is 1. The lowest BCUT2D eigenvalue weighted by Gasteiger charge is -2.10. The van der Waals surface area contributed by atoms with Crippen LogP contribution in [0.2, 0.25) is 0 Å². The Balaban J connectivity index is 2.01. The Morgan fingerprint density at radius 2 is 2.25 bits per heavy atom. The third-order valence-corrected chi connectivity index (χ3v) is 3.46. The highest BCUT2D eigenvalue weighted by atomic mass is 16.1. The summed E-state index contributed by atoms with van der Waals surface area (Å²) in [4.78, 5) is 12.1. The van der Waals surface area contributed by atoms with E-state index in [0.29, 0.717) is 23.7 Å². The number of nitrogens with two attached hydrogens (primary N) is 1. The van der Waals surface area contributed by atoms with Gasteiger partial charge in [-0.05, 0) is 44.0 Å². The van der Waals surface area contributed by atoms with Crippen LogP contribution in [-0.2, 0) is 0 Å². The van der Waals surface area contributed by atoms with Crippen molar-refractivity contribution >= 4 is 11.6 Å². The standard InChI is InChI=1S/C15H18N4O/c1-2-17-15(20)12-6-5-11(16)9-14(12)19-8-7-13(18-19)10-3-4-10/h5-10H,2-4,16H2,1H3,(H,17,20). The van der Waals surface area contributed by atoms with Gasteiger partial charge in [-0.15, -0.1) is 0 Å². The Morgan fingerprint density at radius 3 is 2.95 bits per heavy atom. The van der Waals surface area contributed by atoms with Crippen LogP contribution < -0.4 is 11.1 Å². The second kappa shape index (κ2) is 5.00. The summed E-state index contributed by atoms with van der Waals surface area (Å²) in [6, 6.07) is 7.28. The molecule has 0 radical (unpaired) electrons. The lowest BCUT2D eigenvalue weighted by atomic mass is 10.1. The molecular weight excluding hydrogens is 252 g/mol. The minimum Gasteiger partial charge on any atom is -0.399 e. The monoisotopic (exact) mass is 270 g/mol. The molecule has 0 atom stereocenters. The van der Waals surface area contributed by atoms with E-state index in [-0.39, 0.29) is 5.91 Å². The molecular formula is C15H18N4O. The number of carbonyl (C=O) groups is 1. The molecule has 0 unspecified atom stereocenters. The van der Waals surface area contributed by atoms with Crippen molar-refractivity contribution in [1.29, 1.82) is 0 Å². The van der Waals surface area contributed by atoms with Crippen LogP contribution in [0.5, 0.6) is 0 Å². The number of nitrogens with zero attached hydrogens (tertiary/aromatic N) is 2. The zero-order valence-electron chi connectivity index (χ0n) is 11.5. The van der Waals surface area contributed by atoms with Gasteiger partial charge in [-0.3, -0.25) is 4.79 Å². The third kappa shape index (κ3) is 2.39. The van der Waals surface area contributed by atoms with Crippen molar-refractivity contribution in [3.63, 3.8) is 0 Å². The molecule has 5 heteroatoms. The van der Waals surface area contributed by atoms with Gasteiger partial charge in [-0.1, -0.05) is 0 Å². The van der Waals surface area contributed by atoms with E-state index in [1.807, 2.05) is 19.2 Å². The summed E-state index contributed by atoms with van der Waals surface area (Å²) in [5, 5.41) is 7.38. The molecule has 1 aliphatic rings. The molecule has 104 valence electrons. The Morgan fingerprint density at radius 1 is 1.45 bits per heavy atom. The molecule has 0 spiro atoms. The number of carbonyl (C=O) groups excluding carboxylic acids is 1. The Labute approximate surface area is 117 Å². The van der Waals surface area contributed by atoms with Crippen LogP contribution in [-0.4, -0.2) is 22.2 Å². The summed E-state index contributed by atoms with van der Waals surface area (Å²) in [6.07, 6.45) is 4.30. The Hall–Kier alpha value is -2.30. The number of nitrogens with one attached hydrogen (secondary N) is 1. The maximum Gasteiger partial charge on any atom is 0.253 e. The Bertz CT molecular complexity index is 643. The van der Waals surface area contributed by atoms with E-state index in [9.17, 15) is 4.79 Å². The summed E-state index contributed by atoms with van der Waals surface area (Å²) in [5.41, 5.74) is 8.87. The average Bonchev–Trinajstić information content (AvgIpc) is 3.16. The molecule has 1 aromatic carbocycles. The minimum absolute atomic E-state index is 0.106. The highest BCUT2D eigenvalue weighted by molar-refractivity contribution is 5.98. The van der Waals surface area contributed by atoms with E-state index >= 15 is 0 Å². The smallest absolute Gasteiger partial charge is 0.253 e. The highest BCUT2D eigenvalue weighted by Gasteiger charge is 2.26. The predicted molar refractivity (Wildman–Crippen MR) is 78.0 cm³/mol. The molecule has 1 fully saturated rings. The summed E-state index contributed by atoms with van der Waals surface area (Å²) in [6.45, 7) is 2.49. The number of amides is 1. The summed E-state index contributed by atoms with van der Waals surface area (Å²) in [7, 11) is 0. The predicted octanol–water partition coefficient (Wildman–Crippen LogP) is 2.08. The van der Waals surface area contributed by atoms with Crippen LogP contribution in [0.4, 0.5) is 5.69 Å². The van der Waals surface area contributed by atoms with Crippen LogP contribution in [0, 0.1) is 0 Å². The SMILES string of the molecule is CCNC(=O)c1ccc(N)cc1-n1ccc(C2CC2)n1. The Kier molecular flexibility index (Phi) is 3.18. The fourth-order valence-electron chi connectivity index (χ4n) is 2.26. The summed E-state index contributed by atoms with van der Waals surface area (Å²) >= 11 is 0. The van der Waals surface area contributed by atoms with Gasteiger partial charge in [0, 0.05) is 24.3 Å². The molecule has 1 aliphatic carbocycles. The molecule has 2 aromatic rings. The molecule has 0 bridgehead atoms. The van der Waals surface area contributed by atoms with Gasteiger partial charge in [-0.2, -0.15) is 5.10 Å². The van der Waals surface area contributed by atoms with Crippen molar-refractivity contribution < 1.29 is 4.79 Å². The van der Waals surface area contributed by atoms with E-state index in [0.717, 1.165) is 11.4 Å². The van der Waals surface area contributed by atoms with Crippen LogP contribution in [0.25, 0.3) is 5.69 Å². The quantitative estimate of drug-likeness (QED) is 0.835. The molecule has 5 nitrogen and oxygen atoms in total. The van der Waals surface area contributed by atoms with E-state index in [1.165, 1.54) is 12.8 Å². The van der Waals surface area contributed by atoms with Gasteiger partial charge in [0.2, 0.25) is 0 Å². The first-order valence-electron chi connectivity index (χ1n) is 6.92. The van der Waals surface area contributed by atoms with Crippen molar-refractivity contribution in [1.82, 2.24) is 15.1 Å². The topological polar surface area (TPSA) is 72.9 Å². The van der Waals surface area contributed by atoms with Gasteiger partial charge in [-0.25, -0.2) is 4.68 Å². The number of rotatable bonds is 4. The van der Waals surface area contributed by atoms with Crippen molar-refractivity contribution in [2.24, 2.45) is 0 Å². The highest BCUT2D eigenvalue weighted by Crippen LogP contribution is 2.39. The number of nitrogen functional groups attached to an aromatic ring is 1. The van der Waals surface area contributed by atoms with E-state index in [2.05, 4.69) is 10.4 Å². The lowest BCUT2D eigenvalue weighted by molar-refractivity contribution is 0.0955. The lowest BCUT2D eigenvalue weighted by Crippen LogP contribution is -2.24. The number of hydrogen-bond acceptors (Lipinski definition) is 3. The second-order valence-corrected chi connectivity index (χ2v) is 5.10. The maximum atomic E-state index is 12.1. The molecule has 3 rings (SSSR count). The maximum absolute atomic E-state index is 12.1. The fourth-order valence-corrected chi connectivity index (χ4v) is 2.26. The molecule has 0 saturated heterocycles. The first-order valence-corrected chi connectivity index (χ1v) is 6.92. The first-order chi connectivity index (χ1) is 9.69. The fraction of sp³-hybridized carbons (Fsp3) is 0.333. The third-order valence-electron chi connectivity index (χ3n) is 3.46. The molecule has 20 heavy (non-hydrogen) atoms. The minimum atomic E-state index is -0.106. The van der Waals surface area contributed by atoms with Crippen LogP contribution >= 0.6 is 0 Å². The van der Waals surface area contributed by atoms with Gasteiger partial charge in [0.05, 0.1) is 16.9 Å². The zero-order valence-corrected chi connectivity index (χ0v) is 11.5. The van der Waals surface area contributed by atoms with Crippen molar-refractivity contribution in [3.8, 4) is 5.69 Å². The largest absolute Gasteiger partial charge is 0.399 e. The van der Waals surface area contributed by atoms with Gasteiger partial charge in [0.15, 0.2) is 0 Å². The first kappa shape index (κ1) is 12.7. The molecule has 1 aromatic heterocycles. The average molecular weight is 270 g/mol. The molecule has 3 N–H and O–H groups in total. The normalized spacial score (nSPS) is 14.2. The van der Waals surface area contributed by atoms with E-state index in [1.54, 1.807) is 22.9 Å². The van der Waals surface area contributed by atoms with Crippen LogP contribution in [0.15, 0.2) is 30.5 Å². The number of hydrogen-bond donors (Lipinski definition) is 2. The van der Waals surface area contributed by atoms with Gasteiger partial charge in [0.25, 0.3) is 5.91 Å². The van der Waals surface area contributed by atoms with Crippen molar-refractivity contribution in [2.75, 3.05) is 12.3 Å². The van der Waals surface area contributed by atoms with E-state index < -0.39 is 0 Å². The second-order valence-electron chi connectivity index (χ2n) is 5.10. The molecule has 1 amide bonds. The number of benzene rings is 1. The van der Waals surface area contributed by atoms with Gasteiger partial charge < -0.3 is 11.1 Å². The van der Waals surface area contributed by atoms with Crippen molar-refractivity contribution in [2.45, 2.75) is 25.7 Å². The molecule has 0 aliphatic heterocycles. The van der Waals surface area contributed by atoms with E-state index in [4.69, 9.17) is 5.73 Å². The zero-order chi connectivity index (χ0) is 14.1. The molecule has 1 heterocycles. The van der Waals surface area contributed by atoms with Gasteiger partial charge in [0.1, 0.15) is 0 Å². The van der Waals surface area contributed by atoms with Crippen molar-refractivity contribution in [3.05, 3.63) is 41.7 Å². The van der Waals surface area contributed by atoms with Crippen LogP contribution in [0.1, 0.15) is 41.7 Å².